The first kappa shape index (κ1) is 17.1. The second-order valence-electron chi connectivity index (χ2n) is 5.57. The summed E-state index contributed by atoms with van der Waals surface area (Å²) >= 11 is 0. The van der Waals surface area contributed by atoms with E-state index in [1.165, 1.54) is 6.42 Å². The maximum absolute atomic E-state index is 11.0. The molecule has 1 rings (SSSR count). The number of hydrogen-bond donors (Lipinski definition) is 3. The highest BCUT2D eigenvalue weighted by molar-refractivity contribution is 5.89. The average Bonchev–Trinajstić information content (AvgIpc) is 2.90. The van der Waals surface area contributed by atoms with Crippen LogP contribution in [0.25, 0.3) is 0 Å². The zero-order chi connectivity index (χ0) is 15.8. The van der Waals surface area contributed by atoms with Crippen molar-refractivity contribution in [2.45, 2.75) is 46.2 Å². The van der Waals surface area contributed by atoms with E-state index in [9.17, 15) is 4.79 Å². The monoisotopic (exact) mass is 294 g/mol. The third kappa shape index (κ3) is 6.33. The van der Waals surface area contributed by atoms with Gasteiger partial charge in [0, 0.05) is 13.1 Å². The molecular formula is C15H26N4O2. The molecular weight excluding hydrogens is 268 g/mol. The van der Waals surface area contributed by atoms with Crippen LogP contribution < -0.4 is 16.4 Å². The molecule has 0 spiro atoms. The molecule has 0 saturated heterocycles. The molecule has 0 bridgehead atoms. The highest BCUT2D eigenvalue weighted by Gasteiger charge is 2.09. The number of hydrogen-bond acceptors (Lipinski definition) is 3. The molecule has 0 aliphatic rings. The Morgan fingerprint density at radius 2 is 2.05 bits per heavy atom. The zero-order valence-electron chi connectivity index (χ0n) is 13.3. The van der Waals surface area contributed by atoms with Gasteiger partial charge in [0.25, 0.3) is 5.91 Å². The highest BCUT2D eigenvalue weighted by Crippen LogP contribution is 2.07. The number of nitrogens with zero attached hydrogens (tertiary/aromatic N) is 1. The molecule has 1 heterocycles. The van der Waals surface area contributed by atoms with Crippen molar-refractivity contribution in [2.75, 3.05) is 7.05 Å². The van der Waals surface area contributed by atoms with E-state index in [1.54, 1.807) is 19.2 Å². The van der Waals surface area contributed by atoms with Gasteiger partial charge < -0.3 is 20.8 Å². The summed E-state index contributed by atoms with van der Waals surface area (Å²) in [7, 11) is 1.72. The molecule has 1 unspecified atom stereocenters. The Balaban J connectivity index is 2.41. The SMILES string of the molecule is CN=C(NCc1ccc(C(N)=O)o1)NC(C)CCC(C)C. The van der Waals surface area contributed by atoms with Gasteiger partial charge in [-0.15, -0.1) is 0 Å². The van der Waals surface area contributed by atoms with Crippen molar-refractivity contribution in [1.82, 2.24) is 10.6 Å². The topological polar surface area (TPSA) is 92.6 Å². The molecule has 4 N–H and O–H groups in total. The molecule has 0 aromatic carbocycles. The lowest BCUT2D eigenvalue weighted by atomic mass is 10.0. The first-order chi connectivity index (χ1) is 9.92. The molecule has 1 aromatic heterocycles. The Labute approximate surface area is 126 Å². The Kier molecular flexibility index (Phi) is 6.78. The summed E-state index contributed by atoms with van der Waals surface area (Å²) in [5, 5.41) is 6.48. The predicted octanol–water partition coefficient (Wildman–Crippen LogP) is 1.87. The Morgan fingerprint density at radius 3 is 2.57 bits per heavy atom. The number of nitrogens with one attached hydrogen (secondary N) is 2. The number of amides is 1. The van der Waals surface area contributed by atoms with E-state index in [-0.39, 0.29) is 5.76 Å². The van der Waals surface area contributed by atoms with E-state index < -0.39 is 5.91 Å². The van der Waals surface area contributed by atoms with E-state index in [0.717, 1.165) is 6.42 Å². The molecule has 0 saturated carbocycles. The van der Waals surface area contributed by atoms with Gasteiger partial charge >= 0.3 is 0 Å². The largest absolute Gasteiger partial charge is 0.454 e. The summed E-state index contributed by atoms with van der Waals surface area (Å²) in [6, 6.07) is 3.64. The summed E-state index contributed by atoms with van der Waals surface area (Å²) in [5.41, 5.74) is 5.14. The second kappa shape index (κ2) is 8.34. The van der Waals surface area contributed by atoms with Crippen LogP contribution in [-0.4, -0.2) is 25.0 Å². The molecule has 1 aromatic rings. The van der Waals surface area contributed by atoms with E-state index in [1.807, 2.05) is 0 Å². The fourth-order valence-electron chi connectivity index (χ4n) is 1.86. The van der Waals surface area contributed by atoms with E-state index in [2.05, 4.69) is 36.4 Å². The van der Waals surface area contributed by atoms with Crippen molar-refractivity contribution >= 4 is 11.9 Å². The number of nitrogens with two attached hydrogens (primary N) is 1. The summed E-state index contributed by atoms with van der Waals surface area (Å²) in [4.78, 5) is 15.1. The maximum Gasteiger partial charge on any atom is 0.284 e. The van der Waals surface area contributed by atoms with Crippen LogP contribution in [0.3, 0.4) is 0 Å². The van der Waals surface area contributed by atoms with Gasteiger partial charge in [-0.2, -0.15) is 0 Å². The van der Waals surface area contributed by atoms with Gasteiger partial charge in [-0.1, -0.05) is 13.8 Å². The molecule has 0 fully saturated rings. The van der Waals surface area contributed by atoms with Crippen LogP contribution in [0.5, 0.6) is 0 Å². The number of aliphatic imine (C=N–C) groups is 1. The third-order valence-electron chi connectivity index (χ3n) is 3.12. The fraction of sp³-hybridized carbons (Fsp3) is 0.600. The van der Waals surface area contributed by atoms with Crippen LogP contribution in [0.2, 0.25) is 0 Å². The minimum absolute atomic E-state index is 0.167. The van der Waals surface area contributed by atoms with Gasteiger partial charge in [-0.05, 0) is 37.8 Å². The number of primary amides is 1. The van der Waals surface area contributed by atoms with E-state index >= 15 is 0 Å². The maximum atomic E-state index is 11.0. The van der Waals surface area contributed by atoms with Crippen LogP contribution in [-0.2, 0) is 6.54 Å². The molecule has 1 atom stereocenters. The van der Waals surface area contributed by atoms with Crippen molar-refractivity contribution in [1.29, 1.82) is 0 Å². The van der Waals surface area contributed by atoms with Gasteiger partial charge in [0.05, 0.1) is 6.54 Å². The lowest BCUT2D eigenvalue weighted by molar-refractivity contribution is 0.0972. The normalized spacial score (nSPS) is 13.3. The Bertz CT molecular complexity index is 480. The Hall–Kier alpha value is -1.98. The molecule has 21 heavy (non-hydrogen) atoms. The van der Waals surface area contributed by atoms with E-state index in [0.29, 0.717) is 30.2 Å². The fourth-order valence-corrected chi connectivity index (χ4v) is 1.86. The van der Waals surface area contributed by atoms with Gasteiger partial charge in [0.1, 0.15) is 5.76 Å². The first-order valence-electron chi connectivity index (χ1n) is 7.28. The lowest BCUT2D eigenvalue weighted by Gasteiger charge is -2.18. The molecule has 6 nitrogen and oxygen atoms in total. The van der Waals surface area contributed by atoms with Crippen LogP contribution >= 0.6 is 0 Å². The smallest absolute Gasteiger partial charge is 0.284 e. The molecule has 1 amide bonds. The van der Waals surface area contributed by atoms with Crippen LogP contribution in [0.1, 0.15) is 49.9 Å². The Morgan fingerprint density at radius 1 is 1.33 bits per heavy atom. The number of carbonyl (C=O) groups excluding carboxylic acids is 1. The van der Waals surface area contributed by atoms with Crippen LogP contribution in [0, 0.1) is 5.92 Å². The zero-order valence-corrected chi connectivity index (χ0v) is 13.3. The second-order valence-corrected chi connectivity index (χ2v) is 5.57. The average molecular weight is 294 g/mol. The summed E-state index contributed by atoms with van der Waals surface area (Å²) in [6.45, 7) is 7.01. The van der Waals surface area contributed by atoms with Gasteiger partial charge in [0.15, 0.2) is 11.7 Å². The van der Waals surface area contributed by atoms with Crippen molar-refractivity contribution < 1.29 is 9.21 Å². The van der Waals surface area contributed by atoms with Crippen molar-refractivity contribution in [3.05, 3.63) is 23.7 Å². The molecule has 0 radical (unpaired) electrons. The number of furan rings is 1. The van der Waals surface area contributed by atoms with Gasteiger partial charge in [-0.3, -0.25) is 9.79 Å². The van der Waals surface area contributed by atoms with Crippen LogP contribution in [0.15, 0.2) is 21.5 Å². The number of guanidine groups is 1. The number of rotatable bonds is 7. The minimum Gasteiger partial charge on any atom is -0.454 e. The quantitative estimate of drug-likeness (QED) is 0.528. The van der Waals surface area contributed by atoms with Crippen molar-refractivity contribution in [3.63, 3.8) is 0 Å². The molecule has 118 valence electrons. The lowest BCUT2D eigenvalue weighted by Crippen LogP contribution is -2.41. The molecule has 0 aliphatic carbocycles. The summed E-state index contributed by atoms with van der Waals surface area (Å²) in [6.07, 6.45) is 2.26. The number of carbonyl (C=O) groups is 1. The highest BCUT2D eigenvalue weighted by atomic mass is 16.3. The summed E-state index contributed by atoms with van der Waals surface area (Å²) in [5.74, 6) is 1.65. The standard InChI is InChI=1S/C15H26N4O2/c1-10(2)5-6-11(3)19-15(17-4)18-9-12-7-8-13(21-12)14(16)20/h7-8,10-11H,5-6,9H2,1-4H3,(H2,16,20)(H2,17,18,19). The van der Waals surface area contributed by atoms with Crippen molar-refractivity contribution in [3.8, 4) is 0 Å². The first-order valence-corrected chi connectivity index (χ1v) is 7.28. The van der Waals surface area contributed by atoms with Gasteiger partial charge in [-0.25, -0.2) is 0 Å². The van der Waals surface area contributed by atoms with Crippen molar-refractivity contribution in [2.24, 2.45) is 16.6 Å². The third-order valence-corrected chi connectivity index (χ3v) is 3.12. The van der Waals surface area contributed by atoms with Gasteiger partial charge in [0.2, 0.25) is 0 Å². The summed E-state index contributed by atoms with van der Waals surface area (Å²) < 4.78 is 5.30. The van der Waals surface area contributed by atoms with E-state index in [4.69, 9.17) is 10.2 Å². The molecule has 6 heteroatoms. The minimum atomic E-state index is -0.564. The molecule has 0 aliphatic heterocycles. The predicted molar refractivity (Wildman–Crippen MR) is 84.1 cm³/mol. The van der Waals surface area contributed by atoms with Crippen LogP contribution in [0.4, 0.5) is 0 Å².